The van der Waals surface area contributed by atoms with E-state index in [9.17, 15) is 9.90 Å². The lowest BCUT2D eigenvalue weighted by molar-refractivity contribution is -0.0160. The van der Waals surface area contributed by atoms with Gasteiger partial charge >= 0.3 is 0 Å². The van der Waals surface area contributed by atoms with E-state index < -0.39 is 5.60 Å². The van der Waals surface area contributed by atoms with Crippen LogP contribution in [0.4, 0.5) is 0 Å². The largest absolute Gasteiger partial charge is 0.456 e. The van der Waals surface area contributed by atoms with Gasteiger partial charge in [-0.3, -0.25) is 4.79 Å². The summed E-state index contributed by atoms with van der Waals surface area (Å²) in [6.45, 7) is 5.59. The molecule has 0 bridgehead atoms. The standard InChI is InChI=1S/C22H22O4/c1-13-9-14(2)18-17(10-13)25-21-19(20(18)24)16(11-22(3,12-23)26-21)15-7-5-4-6-8-15/h4-10,16,23H,11-12H2,1-3H3. The van der Waals surface area contributed by atoms with E-state index in [4.69, 9.17) is 9.15 Å². The molecule has 1 aliphatic rings. The number of hydrogen-bond donors (Lipinski definition) is 1. The number of aliphatic hydroxyl groups excluding tert-OH is 1. The Labute approximate surface area is 152 Å². The van der Waals surface area contributed by atoms with Gasteiger partial charge < -0.3 is 14.3 Å². The third-order valence-corrected chi connectivity index (χ3v) is 5.20. The Hall–Kier alpha value is -2.59. The van der Waals surface area contributed by atoms with Crippen LogP contribution in [-0.2, 0) is 0 Å². The van der Waals surface area contributed by atoms with Crippen LogP contribution in [0.15, 0.2) is 51.7 Å². The third-order valence-electron chi connectivity index (χ3n) is 5.20. The minimum Gasteiger partial charge on any atom is -0.456 e. The second-order valence-electron chi connectivity index (χ2n) is 7.46. The lowest BCUT2D eigenvalue weighted by Gasteiger charge is -2.37. The molecule has 2 aromatic carbocycles. The molecule has 26 heavy (non-hydrogen) atoms. The predicted octanol–water partition coefficient (Wildman–Crippen LogP) is 4.08. The van der Waals surface area contributed by atoms with Crippen LogP contribution < -0.4 is 10.2 Å². The average molecular weight is 350 g/mol. The highest BCUT2D eigenvalue weighted by Gasteiger charge is 2.41. The van der Waals surface area contributed by atoms with Crippen LogP contribution in [0, 0.1) is 13.8 Å². The second-order valence-corrected chi connectivity index (χ2v) is 7.46. The van der Waals surface area contributed by atoms with Gasteiger partial charge in [-0.2, -0.15) is 0 Å². The van der Waals surface area contributed by atoms with Crippen molar-refractivity contribution < 1.29 is 14.3 Å². The third kappa shape index (κ3) is 2.61. The molecular weight excluding hydrogens is 328 g/mol. The van der Waals surface area contributed by atoms with E-state index in [0.717, 1.165) is 16.7 Å². The van der Waals surface area contributed by atoms with Crippen molar-refractivity contribution in [3.63, 3.8) is 0 Å². The number of hydrogen-bond acceptors (Lipinski definition) is 4. The number of ether oxygens (including phenoxy) is 1. The molecule has 1 aliphatic heterocycles. The Morgan fingerprint density at radius 2 is 1.92 bits per heavy atom. The summed E-state index contributed by atoms with van der Waals surface area (Å²) in [4.78, 5) is 13.4. The molecule has 134 valence electrons. The molecule has 0 saturated carbocycles. The fourth-order valence-electron chi connectivity index (χ4n) is 3.92. The Morgan fingerprint density at radius 1 is 1.19 bits per heavy atom. The molecule has 2 atom stereocenters. The van der Waals surface area contributed by atoms with E-state index in [-0.39, 0.29) is 23.9 Å². The van der Waals surface area contributed by atoms with Crippen molar-refractivity contribution in [1.29, 1.82) is 0 Å². The minimum atomic E-state index is -0.796. The maximum atomic E-state index is 13.4. The molecule has 3 aromatic rings. The molecule has 0 spiro atoms. The Balaban J connectivity index is 2.04. The first-order valence-corrected chi connectivity index (χ1v) is 8.84. The zero-order valence-electron chi connectivity index (χ0n) is 15.2. The lowest BCUT2D eigenvalue weighted by atomic mass is 9.80. The summed E-state index contributed by atoms with van der Waals surface area (Å²) < 4.78 is 12.0. The Kier molecular flexibility index (Phi) is 3.88. The number of benzene rings is 2. The van der Waals surface area contributed by atoms with Crippen molar-refractivity contribution in [3.05, 3.63) is 74.9 Å². The molecule has 4 rings (SSSR count). The van der Waals surface area contributed by atoms with Crippen molar-refractivity contribution in [2.45, 2.75) is 38.7 Å². The summed E-state index contributed by atoms with van der Waals surface area (Å²) in [5.41, 5.74) is 3.18. The number of aryl methyl sites for hydroxylation is 2. The van der Waals surface area contributed by atoms with Crippen molar-refractivity contribution >= 4 is 11.0 Å². The summed E-state index contributed by atoms with van der Waals surface area (Å²) in [5.74, 6) is 0.0441. The zero-order chi connectivity index (χ0) is 18.5. The van der Waals surface area contributed by atoms with Gasteiger partial charge in [0.1, 0.15) is 11.2 Å². The molecule has 0 fully saturated rings. The first kappa shape index (κ1) is 16.9. The van der Waals surface area contributed by atoms with Crippen LogP contribution in [0.1, 0.15) is 41.5 Å². The Morgan fingerprint density at radius 3 is 2.62 bits per heavy atom. The maximum Gasteiger partial charge on any atom is 0.293 e. The SMILES string of the molecule is Cc1cc(C)c2c(=O)c3c(oc2c1)OC(C)(CO)CC3c1ccccc1. The van der Waals surface area contributed by atoms with E-state index in [1.165, 1.54) is 0 Å². The van der Waals surface area contributed by atoms with E-state index >= 15 is 0 Å². The van der Waals surface area contributed by atoms with Gasteiger partial charge in [0.15, 0.2) is 0 Å². The topological polar surface area (TPSA) is 59.7 Å². The zero-order valence-corrected chi connectivity index (χ0v) is 15.2. The van der Waals surface area contributed by atoms with Gasteiger partial charge in [0.05, 0.1) is 17.6 Å². The number of fused-ring (bicyclic) bond motifs is 2. The molecule has 0 aliphatic carbocycles. The summed E-state index contributed by atoms with van der Waals surface area (Å²) in [6, 6.07) is 13.7. The second kappa shape index (κ2) is 5.99. The lowest BCUT2D eigenvalue weighted by Crippen LogP contribution is -2.43. The number of rotatable bonds is 2. The van der Waals surface area contributed by atoms with E-state index in [1.807, 2.05) is 63.2 Å². The van der Waals surface area contributed by atoms with Crippen LogP contribution in [0.25, 0.3) is 11.0 Å². The highest BCUT2D eigenvalue weighted by atomic mass is 16.6. The van der Waals surface area contributed by atoms with E-state index in [2.05, 4.69) is 0 Å². The molecule has 4 nitrogen and oxygen atoms in total. The van der Waals surface area contributed by atoms with Gasteiger partial charge in [0, 0.05) is 12.3 Å². The van der Waals surface area contributed by atoms with Crippen molar-refractivity contribution in [2.24, 2.45) is 0 Å². The average Bonchev–Trinajstić information content (AvgIpc) is 2.61. The fraction of sp³-hybridized carbons (Fsp3) is 0.318. The molecule has 0 amide bonds. The Bertz CT molecular complexity index is 1040. The van der Waals surface area contributed by atoms with Gasteiger partial charge in [-0.05, 0) is 43.5 Å². The molecule has 1 N–H and O–H groups in total. The highest BCUT2D eigenvalue weighted by molar-refractivity contribution is 5.82. The van der Waals surface area contributed by atoms with E-state index in [0.29, 0.717) is 23.0 Å². The van der Waals surface area contributed by atoms with E-state index in [1.54, 1.807) is 0 Å². The smallest absolute Gasteiger partial charge is 0.293 e. The fourth-order valence-corrected chi connectivity index (χ4v) is 3.92. The maximum absolute atomic E-state index is 13.4. The molecule has 0 saturated heterocycles. The molecule has 2 heterocycles. The van der Waals surface area contributed by atoms with Crippen LogP contribution in [0.3, 0.4) is 0 Å². The molecule has 0 radical (unpaired) electrons. The molecule has 2 unspecified atom stereocenters. The molecule has 1 aromatic heterocycles. The van der Waals surface area contributed by atoms with Crippen LogP contribution in [0.2, 0.25) is 0 Å². The minimum absolute atomic E-state index is 0.0485. The highest BCUT2D eigenvalue weighted by Crippen LogP contribution is 2.44. The van der Waals surface area contributed by atoms with Crippen LogP contribution in [0.5, 0.6) is 5.95 Å². The van der Waals surface area contributed by atoms with Gasteiger partial charge in [-0.25, -0.2) is 0 Å². The van der Waals surface area contributed by atoms with Crippen molar-refractivity contribution in [2.75, 3.05) is 6.61 Å². The summed E-state index contributed by atoms with van der Waals surface area (Å²) in [7, 11) is 0. The monoisotopic (exact) mass is 350 g/mol. The summed E-state index contributed by atoms with van der Waals surface area (Å²) >= 11 is 0. The van der Waals surface area contributed by atoms with Crippen LogP contribution in [-0.4, -0.2) is 17.3 Å². The van der Waals surface area contributed by atoms with Crippen molar-refractivity contribution in [3.8, 4) is 5.95 Å². The quantitative estimate of drug-likeness (QED) is 0.757. The van der Waals surface area contributed by atoms with Gasteiger partial charge in [-0.15, -0.1) is 0 Å². The van der Waals surface area contributed by atoms with Crippen molar-refractivity contribution in [1.82, 2.24) is 0 Å². The van der Waals surface area contributed by atoms with Gasteiger partial charge in [0.25, 0.3) is 5.95 Å². The first-order chi connectivity index (χ1) is 12.4. The van der Waals surface area contributed by atoms with Gasteiger partial charge in [-0.1, -0.05) is 36.4 Å². The molecular formula is C22H22O4. The first-order valence-electron chi connectivity index (χ1n) is 8.84. The molecule has 4 heteroatoms. The summed E-state index contributed by atoms with van der Waals surface area (Å²) in [6.07, 6.45) is 0.516. The van der Waals surface area contributed by atoms with Gasteiger partial charge in [0.2, 0.25) is 5.43 Å². The number of aliphatic hydroxyl groups is 1. The normalized spacial score (nSPS) is 22.1. The predicted molar refractivity (Wildman–Crippen MR) is 101 cm³/mol. The van der Waals surface area contributed by atoms with Crippen LogP contribution >= 0.6 is 0 Å². The summed E-state index contributed by atoms with van der Waals surface area (Å²) in [5, 5.41) is 10.5.